The SMILES string of the molecule is NCc1cccn2nc(CC3CCCS(=O)(=O)C3)nc12. The summed E-state index contributed by atoms with van der Waals surface area (Å²) in [6.45, 7) is 0.417. The molecular formula is C13H18N4O2S. The Balaban J connectivity index is 1.84. The van der Waals surface area contributed by atoms with Crippen molar-refractivity contribution in [1.29, 1.82) is 0 Å². The van der Waals surface area contributed by atoms with Gasteiger partial charge in [0.1, 0.15) is 0 Å². The molecule has 20 heavy (non-hydrogen) atoms. The lowest BCUT2D eigenvalue weighted by Crippen LogP contribution is -2.26. The zero-order valence-corrected chi connectivity index (χ0v) is 12.0. The first-order chi connectivity index (χ1) is 9.57. The summed E-state index contributed by atoms with van der Waals surface area (Å²) in [6, 6.07) is 3.82. The van der Waals surface area contributed by atoms with E-state index in [-0.39, 0.29) is 11.7 Å². The van der Waals surface area contributed by atoms with Crippen molar-refractivity contribution < 1.29 is 8.42 Å². The molecule has 0 spiro atoms. The molecule has 7 heteroatoms. The summed E-state index contributed by atoms with van der Waals surface area (Å²) in [6.07, 6.45) is 4.13. The molecule has 0 radical (unpaired) electrons. The van der Waals surface area contributed by atoms with Crippen molar-refractivity contribution >= 4 is 15.5 Å². The number of rotatable bonds is 3. The standard InChI is InChI=1S/C13H18N4O2S/c14-8-11-4-1-5-17-13(11)15-12(16-17)7-10-3-2-6-20(18,19)9-10/h1,4-5,10H,2-3,6-9,14H2. The number of hydrogen-bond acceptors (Lipinski definition) is 5. The highest BCUT2D eigenvalue weighted by Gasteiger charge is 2.26. The molecule has 0 bridgehead atoms. The molecule has 0 aromatic carbocycles. The van der Waals surface area contributed by atoms with Gasteiger partial charge in [-0.05, 0) is 24.8 Å². The normalized spacial score (nSPS) is 22.1. The fourth-order valence-corrected chi connectivity index (χ4v) is 4.56. The van der Waals surface area contributed by atoms with Gasteiger partial charge in [-0.3, -0.25) is 0 Å². The fraction of sp³-hybridized carbons (Fsp3) is 0.538. The van der Waals surface area contributed by atoms with Crippen LogP contribution in [0.1, 0.15) is 24.2 Å². The summed E-state index contributed by atoms with van der Waals surface area (Å²) in [5, 5.41) is 4.42. The predicted molar refractivity (Wildman–Crippen MR) is 76.0 cm³/mol. The molecule has 1 aliphatic heterocycles. The minimum Gasteiger partial charge on any atom is -0.326 e. The second-order valence-corrected chi connectivity index (χ2v) is 7.59. The number of hydrogen-bond donors (Lipinski definition) is 1. The Kier molecular flexibility index (Phi) is 3.47. The molecule has 3 heterocycles. The Labute approximate surface area is 117 Å². The van der Waals surface area contributed by atoms with E-state index in [0.717, 1.165) is 24.1 Å². The monoisotopic (exact) mass is 294 g/mol. The summed E-state index contributed by atoms with van der Waals surface area (Å²) in [7, 11) is -2.88. The summed E-state index contributed by atoms with van der Waals surface area (Å²) in [5.41, 5.74) is 7.40. The molecule has 0 amide bonds. The molecule has 0 aliphatic carbocycles. The van der Waals surface area contributed by atoms with Crippen LogP contribution in [0.5, 0.6) is 0 Å². The molecule has 3 rings (SSSR count). The summed E-state index contributed by atoms with van der Waals surface area (Å²) in [5.74, 6) is 1.41. The molecule has 2 aromatic heterocycles. The van der Waals surface area contributed by atoms with Gasteiger partial charge in [-0.15, -0.1) is 0 Å². The van der Waals surface area contributed by atoms with Gasteiger partial charge in [-0.25, -0.2) is 17.9 Å². The van der Waals surface area contributed by atoms with Crippen LogP contribution in [0.2, 0.25) is 0 Å². The number of fused-ring (bicyclic) bond motifs is 1. The Hall–Kier alpha value is -1.47. The van der Waals surface area contributed by atoms with E-state index >= 15 is 0 Å². The van der Waals surface area contributed by atoms with Crippen molar-refractivity contribution in [1.82, 2.24) is 14.6 Å². The Morgan fingerprint density at radius 2 is 2.30 bits per heavy atom. The number of nitrogens with zero attached hydrogens (tertiary/aromatic N) is 3. The third-order valence-electron chi connectivity index (χ3n) is 3.74. The van der Waals surface area contributed by atoms with Crippen molar-refractivity contribution in [2.45, 2.75) is 25.8 Å². The highest BCUT2D eigenvalue weighted by atomic mass is 32.2. The van der Waals surface area contributed by atoms with Crippen LogP contribution < -0.4 is 5.73 Å². The first-order valence-electron chi connectivity index (χ1n) is 6.81. The van der Waals surface area contributed by atoms with Gasteiger partial charge < -0.3 is 5.73 Å². The third-order valence-corrected chi connectivity index (χ3v) is 5.63. The van der Waals surface area contributed by atoms with Gasteiger partial charge in [0, 0.05) is 24.7 Å². The second kappa shape index (κ2) is 5.14. The minimum absolute atomic E-state index is 0.132. The van der Waals surface area contributed by atoms with Crippen molar-refractivity contribution in [3.05, 3.63) is 29.7 Å². The Bertz CT molecular complexity index is 723. The van der Waals surface area contributed by atoms with Crippen LogP contribution in [0, 0.1) is 5.92 Å². The molecule has 0 saturated carbocycles. The molecule has 1 fully saturated rings. The van der Waals surface area contributed by atoms with Gasteiger partial charge in [-0.2, -0.15) is 5.10 Å². The van der Waals surface area contributed by atoms with E-state index in [1.54, 1.807) is 4.52 Å². The molecule has 1 unspecified atom stereocenters. The quantitative estimate of drug-likeness (QED) is 0.893. The van der Waals surface area contributed by atoms with E-state index in [9.17, 15) is 8.42 Å². The molecule has 1 aliphatic rings. The van der Waals surface area contributed by atoms with E-state index in [0.29, 0.717) is 24.5 Å². The van der Waals surface area contributed by atoms with Crippen molar-refractivity contribution in [3.8, 4) is 0 Å². The molecule has 2 aromatic rings. The smallest absolute Gasteiger partial charge is 0.160 e. The van der Waals surface area contributed by atoms with Crippen LogP contribution in [0.4, 0.5) is 0 Å². The fourth-order valence-electron chi connectivity index (χ4n) is 2.79. The topological polar surface area (TPSA) is 90.4 Å². The highest BCUT2D eigenvalue weighted by Crippen LogP contribution is 2.21. The minimum atomic E-state index is -2.88. The van der Waals surface area contributed by atoms with Crippen LogP contribution in [0.3, 0.4) is 0 Å². The van der Waals surface area contributed by atoms with Gasteiger partial charge in [0.2, 0.25) is 0 Å². The molecule has 1 atom stereocenters. The number of pyridine rings is 1. The van der Waals surface area contributed by atoms with Crippen LogP contribution in [-0.2, 0) is 22.8 Å². The van der Waals surface area contributed by atoms with Crippen LogP contribution in [-0.4, -0.2) is 34.5 Å². The zero-order valence-electron chi connectivity index (χ0n) is 11.2. The average Bonchev–Trinajstić information content (AvgIpc) is 2.79. The molecule has 6 nitrogen and oxygen atoms in total. The lowest BCUT2D eigenvalue weighted by Gasteiger charge is -2.20. The lowest BCUT2D eigenvalue weighted by atomic mass is 10.0. The van der Waals surface area contributed by atoms with Gasteiger partial charge in [0.05, 0.1) is 11.5 Å². The zero-order chi connectivity index (χ0) is 14.2. The number of sulfone groups is 1. The maximum Gasteiger partial charge on any atom is 0.160 e. The first kappa shape index (κ1) is 13.5. The third kappa shape index (κ3) is 2.69. The Morgan fingerprint density at radius 1 is 1.45 bits per heavy atom. The Morgan fingerprint density at radius 3 is 3.05 bits per heavy atom. The summed E-state index contributed by atoms with van der Waals surface area (Å²) in [4.78, 5) is 4.50. The molecule has 2 N–H and O–H groups in total. The summed E-state index contributed by atoms with van der Waals surface area (Å²) < 4.78 is 25.0. The van der Waals surface area contributed by atoms with E-state index in [1.165, 1.54) is 0 Å². The van der Waals surface area contributed by atoms with E-state index < -0.39 is 9.84 Å². The predicted octanol–water partition coefficient (Wildman–Crippen LogP) is 0.555. The summed E-state index contributed by atoms with van der Waals surface area (Å²) >= 11 is 0. The van der Waals surface area contributed by atoms with E-state index in [2.05, 4.69) is 10.1 Å². The number of nitrogens with two attached hydrogens (primary N) is 1. The number of aromatic nitrogens is 3. The first-order valence-corrected chi connectivity index (χ1v) is 8.63. The van der Waals surface area contributed by atoms with Gasteiger partial charge in [0.25, 0.3) is 0 Å². The van der Waals surface area contributed by atoms with E-state index in [4.69, 9.17) is 5.73 Å². The maximum atomic E-state index is 11.7. The van der Waals surface area contributed by atoms with Crippen LogP contribution in [0.25, 0.3) is 5.65 Å². The van der Waals surface area contributed by atoms with Gasteiger partial charge in [-0.1, -0.05) is 6.07 Å². The molecule has 1 saturated heterocycles. The molecular weight excluding hydrogens is 276 g/mol. The van der Waals surface area contributed by atoms with E-state index in [1.807, 2.05) is 18.3 Å². The van der Waals surface area contributed by atoms with Crippen molar-refractivity contribution in [2.24, 2.45) is 11.7 Å². The van der Waals surface area contributed by atoms with Crippen molar-refractivity contribution in [2.75, 3.05) is 11.5 Å². The lowest BCUT2D eigenvalue weighted by molar-refractivity contribution is 0.475. The van der Waals surface area contributed by atoms with Gasteiger partial charge in [0.15, 0.2) is 21.3 Å². The highest BCUT2D eigenvalue weighted by molar-refractivity contribution is 7.91. The second-order valence-electron chi connectivity index (χ2n) is 5.36. The maximum absolute atomic E-state index is 11.7. The van der Waals surface area contributed by atoms with Crippen LogP contribution in [0.15, 0.2) is 18.3 Å². The van der Waals surface area contributed by atoms with Crippen LogP contribution >= 0.6 is 0 Å². The average molecular weight is 294 g/mol. The largest absolute Gasteiger partial charge is 0.326 e. The molecule has 108 valence electrons. The van der Waals surface area contributed by atoms with Crippen molar-refractivity contribution in [3.63, 3.8) is 0 Å². The van der Waals surface area contributed by atoms with Gasteiger partial charge >= 0.3 is 0 Å².